The quantitative estimate of drug-likeness (QED) is 0.648. The lowest BCUT2D eigenvalue weighted by Crippen LogP contribution is -2.36. The zero-order chi connectivity index (χ0) is 9.52. The predicted octanol–water partition coefficient (Wildman–Crippen LogP) is 0.300. The van der Waals surface area contributed by atoms with Gasteiger partial charge in [0, 0.05) is 6.54 Å². The summed E-state index contributed by atoms with van der Waals surface area (Å²) in [4.78, 5) is 2.36. The lowest BCUT2D eigenvalue weighted by molar-refractivity contribution is 0.144. The molecule has 1 aliphatic heterocycles. The zero-order valence-electron chi connectivity index (χ0n) is 8.63. The average molecular weight is 186 g/mol. The molecular formula is C10H22N2O. The van der Waals surface area contributed by atoms with Gasteiger partial charge in [-0.05, 0) is 51.9 Å². The third kappa shape index (κ3) is 4.07. The van der Waals surface area contributed by atoms with E-state index in [1.807, 2.05) is 7.05 Å². The lowest BCUT2D eigenvalue weighted by atomic mass is 9.93. The van der Waals surface area contributed by atoms with E-state index in [9.17, 15) is 0 Å². The van der Waals surface area contributed by atoms with Crippen LogP contribution in [0.15, 0.2) is 0 Å². The monoisotopic (exact) mass is 186 g/mol. The number of likely N-dealkylation sites (tertiary alicyclic amines) is 1. The summed E-state index contributed by atoms with van der Waals surface area (Å²) in [7, 11) is 2.01. The molecule has 0 radical (unpaired) electrons. The Morgan fingerprint density at radius 2 is 2.08 bits per heavy atom. The van der Waals surface area contributed by atoms with E-state index in [1.165, 1.54) is 32.4 Å². The SMILES string of the molecule is CNCCC1CCN(CCO)CC1. The summed E-state index contributed by atoms with van der Waals surface area (Å²) >= 11 is 0. The molecule has 1 fully saturated rings. The van der Waals surface area contributed by atoms with Crippen molar-refractivity contribution in [2.75, 3.05) is 39.8 Å². The summed E-state index contributed by atoms with van der Waals surface area (Å²) in [6.45, 7) is 4.66. The Bertz CT molecular complexity index is 122. The minimum atomic E-state index is 0.307. The van der Waals surface area contributed by atoms with Gasteiger partial charge in [-0.2, -0.15) is 0 Å². The van der Waals surface area contributed by atoms with Gasteiger partial charge in [0.25, 0.3) is 0 Å². The molecule has 0 saturated carbocycles. The Hall–Kier alpha value is -0.120. The van der Waals surface area contributed by atoms with Gasteiger partial charge >= 0.3 is 0 Å². The van der Waals surface area contributed by atoms with Gasteiger partial charge in [0.05, 0.1) is 6.61 Å². The van der Waals surface area contributed by atoms with Gasteiger partial charge in [-0.15, -0.1) is 0 Å². The molecule has 1 heterocycles. The van der Waals surface area contributed by atoms with E-state index < -0.39 is 0 Å². The van der Waals surface area contributed by atoms with E-state index in [1.54, 1.807) is 0 Å². The van der Waals surface area contributed by atoms with Gasteiger partial charge in [0.1, 0.15) is 0 Å². The molecule has 1 aliphatic rings. The van der Waals surface area contributed by atoms with Crippen molar-refractivity contribution in [3.05, 3.63) is 0 Å². The Balaban J connectivity index is 2.08. The standard InChI is InChI=1S/C10H22N2O/c1-11-5-2-10-3-6-12(7-4-10)8-9-13/h10-11,13H,2-9H2,1H3. The normalized spacial score (nSPS) is 20.8. The van der Waals surface area contributed by atoms with Crippen LogP contribution in [0.25, 0.3) is 0 Å². The molecule has 0 bridgehead atoms. The van der Waals surface area contributed by atoms with Crippen LogP contribution in [0.4, 0.5) is 0 Å². The lowest BCUT2D eigenvalue weighted by Gasteiger charge is -2.31. The van der Waals surface area contributed by atoms with Crippen molar-refractivity contribution in [2.24, 2.45) is 5.92 Å². The third-order valence-corrected chi connectivity index (χ3v) is 2.93. The highest BCUT2D eigenvalue weighted by atomic mass is 16.3. The molecule has 0 unspecified atom stereocenters. The number of hydrogen-bond donors (Lipinski definition) is 2. The number of aliphatic hydroxyl groups excluding tert-OH is 1. The number of hydrogen-bond acceptors (Lipinski definition) is 3. The van der Waals surface area contributed by atoms with E-state index in [-0.39, 0.29) is 0 Å². The Labute approximate surface area is 81.1 Å². The molecule has 0 aromatic heterocycles. The van der Waals surface area contributed by atoms with Gasteiger partial charge in [-0.1, -0.05) is 0 Å². The van der Waals surface area contributed by atoms with Crippen LogP contribution in [0.1, 0.15) is 19.3 Å². The second kappa shape index (κ2) is 6.35. The van der Waals surface area contributed by atoms with Crippen LogP contribution >= 0.6 is 0 Å². The van der Waals surface area contributed by atoms with Crippen LogP contribution in [0.3, 0.4) is 0 Å². The first-order valence-electron chi connectivity index (χ1n) is 5.34. The first-order valence-corrected chi connectivity index (χ1v) is 5.34. The van der Waals surface area contributed by atoms with E-state index >= 15 is 0 Å². The van der Waals surface area contributed by atoms with Crippen LogP contribution in [-0.4, -0.2) is 49.8 Å². The first-order chi connectivity index (χ1) is 6.36. The smallest absolute Gasteiger partial charge is 0.0558 e. The molecule has 0 aromatic carbocycles. The Morgan fingerprint density at radius 1 is 1.38 bits per heavy atom. The van der Waals surface area contributed by atoms with E-state index in [0.717, 1.165) is 19.0 Å². The van der Waals surface area contributed by atoms with Gasteiger partial charge in [0.2, 0.25) is 0 Å². The van der Waals surface area contributed by atoms with Gasteiger partial charge in [-0.3, -0.25) is 0 Å². The Morgan fingerprint density at radius 3 is 2.62 bits per heavy atom. The maximum absolute atomic E-state index is 8.77. The van der Waals surface area contributed by atoms with E-state index in [0.29, 0.717) is 6.61 Å². The van der Waals surface area contributed by atoms with Crippen molar-refractivity contribution in [3.8, 4) is 0 Å². The fraction of sp³-hybridized carbons (Fsp3) is 1.00. The molecule has 1 saturated heterocycles. The van der Waals surface area contributed by atoms with Crippen molar-refractivity contribution < 1.29 is 5.11 Å². The Kier molecular flexibility index (Phi) is 5.35. The number of nitrogens with one attached hydrogen (secondary N) is 1. The van der Waals surface area contributed by atoms with Crippen LogP contribution < -0.4 is 5.32 Å². The summed E-state index contributed by atoms with van der Waals surface area (Å²) in [6, 6.07) is 0. The molecule has 3 heteroatoms. The minimum absolute atomic E-state index is 0.307. The largest absolute Gasteiger partial charge is 0.395 e. The molecule has 2 N–H and O–H groups in total. The fourth-order valence-corrected chi connectivity index (χ4v) is 1.99. The van der Waals surface area contributed by atoms with Crippen molar-refractivity contribution >= 4 is 0 Å². The number of piperidine rings is 1. The zero-order valence-corrected chi connectivity index (χ0v) is 8.63. The summed E-state index contributed by atoms with van der Waals surface area (Å²) < 4.78 is 0. The van der Waals surface area contributed by atoms with Gasteiger partial charge < -0.3 is 15.3 Å². The number of β-amino-alcohol motifs (C(OH)–C–C–N with tert-alkyl or cyclic N) is 1. The molecular weight excluding hydrogens is 164 g/mol. The fourth-order valence-electron chi connectivity index (χ4n) is 1.99. The second-order valence-electron chi connectivity index (χ2n) is 3.90. The molecule has 0 aromatic rings. The maximum Gasteiger partial charge on any atom is 0.0558 e. The molecule has 0 amide bonds. The van der Waals surface area contributed by atoms with E-state index in [4.69, 9.17) is 5.11 Å². The average Bonchev–Trinajstić information content (AvgIpc) is 2.17. The summed E-state index contributed by atoms with van der Waals surface area (Å²) in [5, 5.41) is 12.0. The minimum Gasteiger partial charge on any atom is -0.395 e. The summed E-state index contributed by atoms with van der Waals surface area (Å²) in [6.07, 6.45) is 3.92. The highest BCUT2D eigenvalue weighted by Gasteiger charge is 2.17. The first kappa shape index (κ1) is 11.0. The number of rotatable bonds is 5. The maximum atomic E-state index is 8.77. The molecule has 13 heavy (non-hydrogen) atoms. The van der Waals surface area contributed by atoms with Crippen molar-refractivity contribution in [1.82, 2.24) is 10.2 Å². The molecule has 3 nitrogen and oxygen atoms in total. The van der Waals surface area contributed by atoms with Crippen LogP contribution in [0, 0.1) is 5.92 Å². The van der Waals surface area contributed by atoms with Crippen LogP contribution in [0.5, 0.6) is 0 Å². The number of nitrogens with zero attached hydrogens (tertiary/aromatic N) is 1. The van der Waals surface area contributed by atoms with Crippen molar-refractivity contribution in [2.45, 2.75) is 19.3 Å². The molecule has 78 valence electrons. The highest BCUT2D eigenvalue weighted by molar-refractivity contribution is 4.72. The summed E-state index contributed by atoms with van der Waals surface area (Å²) in [5.74, 6) is 0.905. The predicted molar refractivity (Wildman–Crippen MR) is 54.8 cm³/mol. The topological polar surface area (TPSA) is 35.5 Å². The van der Waals surface area contributed by atoms with Crippen molar-refractivity contribution in [1.29, 1.82) is 0 Å². The van der Waals surface area contributed by atoms with Crippen LogP contribution in [0.2, 0.25) is 0 Å². The highest BCUT2D eigenvalue weighted by Crippen LogP contribution is 2.19. The third-order valence-electron chi connectivity index (χ3n) is 2.93. The van der Waals surface area contributed by atoms with Crippen molar-refractivity contribution in [3.63, 3.8) is 0 Å². The molecule has 0 aliphatic carbocycles. The number of aliphatic hydroxyl groups is 1. The van der Waals surface area contributed by atoms with Gasteiger partial charge in [-0.25, -0.2) is 0 Å². The molecule has 0 atom stereocenters. The molecule has 1 rings (SSSR count). The summed E-state index contributed by atoms with van der Waals surface area (Å²) in [5.41, 5.74) is 0. The van der Waals surface area contributed by atoms with E-state index in [2.05, 4.69) is 10.2 Å². The van der Waals surface area contributed by atoms with Crippen LogP contribution in [-0.2, 0) is 0 Å². The molecule has 0 spiro atoms. The second-order valence-corrected chi connectivity index (χ2v) is 3.90. The van der Waals surface area contributed by atoms with Gasteiger partial charge in [0.15, 0.2) is 0 Å².